The van der Waals surface area contributed by atoms with Gasteiger partial charge in [0.2, 0.25) is 5.91 Å². The maximum atomic E-state index is 12.0. The van der Waals surface area contributed by atoms with Crippen molar-refractivity contribution < 1.29 is 14.5 Å². The second kappa shape index (κ2) is 6.21. The van der Waals surface area contributed by atoms with Crippen molar-refractivity contribution in [1.82, 2.24) is 10.6 Å². The molecule has 1 aliphatic heterocycles. The van der Waals surface area contributed by atoms with Crippen molar-refractivity contribution in [3.8, 4) is 0 Å². The molecular weight excluding hydrogens is 276 g/mol. The Bertz CT molecular complexity index is 588. The van der Waals surface area contributed by atoms with Crippen molar-refractivity contribution in [3.63, 3.8) is 0 Å². The summed E-state index contributed by atoms with van der Waals surface area (Å²) in [7, 11) is 1.55. The quantitative estimate of drug-likeness (QED) is 0.544. The maximum Gasteiger partial charge on any atom is 0.292 e. The molecule has 0 radical (unpaired) electrons. The Morgan fingerprint density at radius 2 is 2.29 bits per heavy atom. The average molecular weight is 292 g/mol. The van der Waals surface area contributed by atoms with E-state index in [9.17, 15) is 19.7 Å². The van der Waals surface area contributed by atoms with Crippen molar-refractivity contribution in [2.75, 3.05) is 18.9 Å². The zero-order valence-corrected chi connectivity index (χ0v) is 11.5. The minimum atomic E-state index is -0.512. The smallest absolute Gasteiger partial charge is 0.292 e. The van der Waals surface area contributed by atoms with Gasteiger partial charge < -0.3 is 16.0 Å². The fourth-order valence-electron chi connectivity index (χ4n) is 2.19. The summed E-state index contributed by atoms with van der Waals surface area (Å²) in [6, 6.07) is 4.07. The molecule has 1 aromatic carbocycles. The van der Waals surface area contributed by atoms with Crippen LogP contribution in [0.15, 0.2) is 18.2 Å². The molecule has 1 heterocycles. The van der Waals surface area contributed by atoms with Gasteiger partial charge in [0.1, 0.15) is 5.69 Å². The predicted molar refractivity (Wildman–Crippen MR) is 76.1 cm³/mol. The van der Waals surface area contributed by atoms with E-state index in [1.165, 1.54) is 18.2 Å². The molecule has 2 amide bonds. The molecule has 0 saturated carbocycles. The number of benzene rings is 1. The molecule has 1 fully saturated rings. The first kappa shape index (κ1) is 14.8. The lowest BCUT2D eigenvalue weighted by Crippen LogP contribution is -2.38. The monoisotopic (exact) mass is 292 g/mol. The molecule has 8 heteroatoms. The number of hydrogen-bond donors (Lipinski definition) is 3. The molecule has 8 nitrogen and oxygen atoms in total. The molecule has 0 aromatic heterocycles. The standard InChI is InChI=1S/C13H16N4O4/c1-14-10-6-8(2-4-11(10)17(20)21)13(19)15-7-9-3-5-12(18)16-9/h2,4,6,9,14H,3,5,7H2,1H3,(H,15,19)(H,16,18). The second-order valence-corrected chi connectivity index (χ2v) is 4.75. The Balaban J connectivity index is 2.02. The van der Waals surface area contributed by atoms with Crippen LogP contribution in [0, 0.1) is 10.1 Å². The van der Waals surface area contributed by atoms with E-state index in [1.54, 1.807) is 7.05 Å². The molecule has 1 aliphatic rings. The number of carbonyl (C=O) groups excluding carboxylic acids is 2. The van der Waals surface area contributed by atoms with Crippen molar-refractivity contribution in [2.24, 2.45) is 0 Å². The lowest BCUT2D eigenvalue weighted by molar-refractivity contribution is -0.383. The molecular formula is C13H16N4O4. The van der Waals surface area contributed by atoms with Crippen LogP contribution in [0.3, 0.4) is 0 Å². The number of hydrogen-bond acceptors (Lipinski definition) is 5. The van der Waals surface area contributed by atoms with Crippen molar-refractivity contribution in [1.29, 1.82) is 0 Å². The molecule has 2 rings (SSSR count). The molecule has 0 aliphatic carbocycles. The third-order valence-electron chi connectivity index (χ3n) is 3.32. The van der Waals surface area contributed by atoms with Gasteiger partial charge in [-0.2, -0.15) is 0 Å². The molecule has 112 valence electrons. The fraction of sp³-hybridized carbons (Fsp3) is 0.385. The van der Waals surface area contributed by atoms with E-state index in [0.29, 0.717) is 24.9 Å². The van der Waals surface area contributed by atoms with Crippen LogP contribution in [0.2, 0.25) is 0 Å². The molecule has 0 spiro atoms. The normalized spacial score (nSPS) is 17.2. The lowest BCUT2D eigenvalue weighted by Gasteiger charge is -2.12. The number of carbonyl (C=O) groups is 2. The fourth-order valence-corrected chi connectivity index (χ4v) is 2.19. The summed E-state index contributed by atoms with van der Waals surface area (Å²) in [6.07, 6.45) is 1.17. The van der Waals surface area contributed by atoms with Gasteiger partial charge in [0.25, 0.3) is 11.6 Å². The van der Waals surface area contributed by atoms with Gasteiger partial charge in [-0.1, -0.05) is 0 Å². The van der Waals surface area contributed by atoms with Crippen LogP contribution in [0.4, 0.5) is 11.4 Å². The summed E-state index contributed by atoms with van der Waals surface area (Å²) in [5.41, 5.74) is 0.521. The van der Waals surface area contributed by atoms with Crippen LogP contribution < -0.4 is 16.0 Å². The number of nitrogens with one attached hydrogen (secondary N) is 3. The summed E-state index contributed by atoms with van der Waals surface area (Å²) >= 11 is 0. The van der Waals surface area contributed by atoms with E-state index in [0.717, 1.165) is 0 Å². The summed E-state index contributed by atoms with van der Waals surface area (Å²) in [6.45, 7) is 0.344. The van der Waals surface area contributed by atoms with E-state index in [4.69, 9.17) is 0 Å². The second-order valence-electron chi connectivity index (χ2n) is 4.75. The lowest BCUT2D eigenvalue weighted by atomic mass is 10.1. The average Bonchev–Trinajstić information content (AvgIpc) is 2.89. The van der Waals surface area contributed by atoms with Gasteiger partial charge in [0, 0.05) is 37.7 Å². The van der Waals surface area contributed by atoms with Crippen LogP contribution in [-0.4, -0.2) is 36.4 Å². The Labute approximate surface area is 121 Å². The predicted octanol–water partition coefficient (Wildman–Crippen LogP) is 0.645. The van der Waals surface area contributed by atoms with Gasteiger partial charge in [0.05, 0.1) is 4.92 Å². The number of nitrogens with zero attached hydrogens (tertiary/aromatic N) is 1. The van der Waals surface area contributed by atoms with E-state index in [-0.39, 0.29) is 29.2 Å². The number of amides is 2. The van der Waals surface area contributed by atoms with Gasteiger partial charge in [-0.3, -0.25) is 19.7 Å². The SMILES string of the molecule is CNc1cc(C(=O)NCC2CCC(=O)N2)ccc1[N+](=O)[O-]. The number of nitro benzene ring substituents is 1. The molecule has 21 heavy (non-hydrogen) atoms. The van der Waals surface area contributed by atoms with Crippen LogP contribution in [-0.2, 0) is 4.79 Å². The van der Waals surface area contributed by atoms with Crippen molar-refractivity contribution in [3.05, 3.63) is 33.9 Å². The van der Waals surface area contributed by atoms with Gasteiger partial charge in [-0.15, -0.1) is 0 Å². The van der Waals surface area contributed by atoms with E-state index >= 15 is 0 Å². The summed E-state index contributed by atoms with van der Waals surface area (Å²) in [5.74, 6) is -0.343. The largest absolute Gasteiger partial charge is 0.383 e. The molecule has 0 bridgehead atoms. The Hall–Kier alpha value is -2.64. The highest BCUT2D eigenvalue weighted by Gasteiger charge is 2.21. The van der Waals surface area contributed by atoms with Crippen LogP contribution in [0.25, 0.3) is 0 Å². The first-order valence-corrected chi connectivity index (χ1v) is 6.55. The van der Waals surface area contributed by atoms with Gasteiger partial charge >= 0.3 is 0 Å². The van der Waals surface area contributed by atoms with Gasteiger partial charge in [0.15, 0.2) is 0 Å². The summed E-state index contributed by atoms with van der Waals surface area (Å²) < 4.78 is 0. The first-order valence-electron chi connectivity index (χ1n) is 6.55. The van der Waals surface area contributed by atoms with Gasteiger partial charge in [-0.25, -0.2) is 0 Å². The molecule has 1 unspecified atom stereocenters. The molecule has 1 atom stereocenters. The highest BCUT2D eigenvalue weighted by atomic mass is 16.6. The number of rotatable bonds is 5. The number of anilines is 1. The summed E-state index contributed by atoms with van der Waals surface area (Å²) in [5, 5.41) is 19.0. The van der Waals surface area contributed by atoms with E-state index in [2.05, 4.69) is 16.0 Å². The zero-order chi connectivity index (χ0) is 15.4. The molecule has 1 aromatic rings. The Morgan fingerprint density at radius 1 is 1.52 bits per heavy atom. The van der Waals surface area contributed by atoms with E-state index in [1.807, 2.05) is 0 Å². The highest BCUT2D eigenvalue weighted by molar-refractivity contribution is 5.96. The third kappa shape index (κ3) is 3.47. The van der Waals surface area contributed by atoms with Crippen LogP contribution >= 0.6 is 0 Å². The topological polar surface area (TPSA) is 113 Å². The molecule has 1 saturated heterocycles. The number of nitro groups is 1. The van der Waals surface area contributed by atoms with Crippen LogP contribution in [0.5, 0.6) is 0 Å². The zero-order valence-electron chi connectivity index (χ0n) is 11.5. The van der Waals surface area contributed by atoms with Crippen molar-refractivity contribution in [2.45, 2.75) is 18.9 Å². The maximum absolute atomic E-state index is 12.0. The Kier molecular flexibility index (Phi) is 4.36. The highest BCUT2D eigenvalue weighted by Crippen LogP contribution is 2.24. The first-order chi connectivity index (χ1) is 10.0. The van der Waals surface area contributed by atoms with Gasteiger partial charge in [-0.05, 0) is 18.6 Å². The minimum absolute atomic E-state index is 0.0120. The minimum Gasteiger partial charge on any atom is -0.383 e. The third-order valence-corrected chi connectivity index (χ3v) is 3.32. The van der Waals surface area contributed by atoms with Crippen LogP contribution in [0.1, 0.15) is 23.2 Å². The van der Waals surface area contributed by atoms with Crippen molar-refractivity contribution >= 4 is 23.2 Å². The van der Waals surface area contributed by atoms with E-state index < -0.39 is 4.92 Å². The Morgan fingerprint density at radius 3 is 2.86 bits per heavy atom. The molecule has 3 N–H and O–H groups in total. The summed E-state index contributed by atoms with van der Waals surface area (Å²) in [4.78, 5) is 33.4.